The molecule has 0 aromatic heterocycles. The van der Waals surface area contributed by atoms with Crippen LogP contribution in [0.1, 0.15) is 38.2 Å². The maximum Gasteiger partial charge on any atom is 0.194 e. The summed E-state index contributed by atoms with van der Waals surface area (Å²) in [4.78, 5) is 0. The van der Waals surface area contributed by atoms with Crippen molar-refractivity contribution in [2.75, 3.05) is 0 Å². The van der Waals surface area contributed by atoms with Crippen molar-refractivity contribution in [2.45, 2.75) is 32.6 Å². The minimum absolute atomic E-state index is 0.0139. The summed E-state index contributed by atoms with van der Waals surface area (Å²) in [6.07, 6.45) is 1.77. The van der Waals surface area contributed by atoms with E-state index in [0.29, 0.717) is 0 Å². The first-order valence-electron chi connectivity index (χ1n) is 6.92. The van der Waals surface area contributed by atoms with Crippen LogP contribution in [0.4, 0.5) is 17.6 Å². The van der Waals surface area contributed by atoms with Gasteiger partial charge in [-0.25, -0.2) is 17.6 Å². The number of rotatable bonds is 4. The highest BCUT2D eigenvalue weighted by Gasteiger charge is 2.15. The normalized spacial score (nSPS) is 11.2. The standard InChI is InChI=1S/C17H16F4/c1-3-10(4-2)11-5-6-13(14(18)7-11)12-8-15(19)17(21)16(20)9-12/h5-10H,3-4H2,1-2H3. The van der Waals surface area contributed by atoms with Gasteiger partial charge in [0.2, 0.25) is 0 Å². The highest BCUT2D eigenvalue weighted by Crippen LogP contribution is 2.30. The lowest BCUT2D eigenvalue weighted by Gasteiger charge is -2.14. The van der Waals surface area contributed by atoms with Gasteiger partial charge < -0.3 is 0 Å². The molecular formula is C17H16F4. The van der Waals surface area contributed by atoms with E-state index >= 15 is 0 Å². The van der Waals surface area contributed by atoms with E-state index in [1.165, 1.54) is 12.1 Å². The fourth-order valence-corrected chi connectivity index (χ4v) is 2.49. The zero-order chi connectivity index (χ0) is 15.6. The van der Waals surface area contributed by atoms with Crippen molar-refractivity contribution in [1.82, 2.24) is 0 Å². The van der Waals surface area contributed by atoms with E-state index in [2.05, 4.69) is 0 Å². The summed E-state index contributed by atoms with van der Waals surface area (Å²) >= 11 is 0. The molecule has 2 aromatic carbocycles. The zero-order valence-corrected chi connectivity index (χ0v) is 11.9. The van der Waals surface area contributed by atoms with Crippen LogP contribution in [0.3, 0.4) is 0 Å². The van der Waals surface area contributed by atoms with Crippen molar-refractivity contribution >= 4 is 0 Å². The van der Waals surface area contributed by atoms with Gasteiger partial charge in [0.15, 0.2) is 17.5 Å². The Morgan fingerprint density at radius 1 is 0.810 bits per heavy atom. The first-order chi connectivity index (χ1) is 9.97. The van der Waals surface area contributed by atoms with Crippen LogP contribution in [0.15, 0.2) is 30.3 Å². The first-order valence-corrected chi connectivity index (χ1v) is 6.92. The third-order valence-electron chi connectivity index (χ3n) is 3.74. The molecule has 0 radical (unpaired) electrons. The zero-order valence-electron chi connectivity index (χ0n) is 11.9. The average Bonchev–Trinajstić information content (AvgIpc) is 2.46. The van der Waals surface area contributed by atoms with Crippen LogP contribution in [-0.2, 0) is 0 Å². The molecule has 0 saturated heterocycles. The van der Waals surface area contributed by atoms with Crippen LogP contribution >= 0.6 is 0 Å². The second-order valence-electron chi connectivity index (χ2n) is 5.01. The number of benzene rings is 2. The fourth-order valence-electron chi connectivity index (χ4n) is 2.49. The van der Waals surface area contributed by atoms with Gasteiger partial charge in [-0.05, 0) is 48.1 Å². The molecule has 0 amide bonds. The van der Waals surface area contributed by atoms with Gasteiger partial charge in [0, 0.05) is 5.56 Å². The molecule has 0 aliphatic carbocycles. The van der Waals surface area contributed by atoms with Gasteiger partial charge in [-0.2, -0.15) is 0 Å². The maximum atomic E-state index is 14.2. The van der Waals surface area contributed by atoms with Crippen molar-refractivity contribution in [1.29, 1.82) is 0 Å². The Morgan fingerprint density at radius 3 is 1.86 bits per heavy atom. The van der Waals surface area contributed by atoms with Crippen molar-refractivity contribution < 1.29 is 17.6 Å². The molecule has 112 valence electrons. The van der Waals surface area contributed by atoms with E-state index < -0.39 is 23.3 Å². The summed E-state index contributed by atoms with van der Waals surface area (Å²) in [5.74, 6) is -4.52. The minimum atomic E-state index is -1.55. The minimum Gasteiger partial charge on any atom is -0.206 e. The number of hydrogen-bond acceptors (Lipinski definition) is 0. The Morgan fingerprint density at radius 2 is 1.38 bits per heavy atom. The Kier molecular flexibility index (Phi) is 4.66. The molecule has 0 bridgehead atoms. The molecule has 0 saturated carbocycles. The first kappa shape index (κ1) is 15.5. The largest absolute Gasteiger partial charge is 0.206 e. The van der Waals surface area contributed by atoms with Crippen LogP contribution < -0.4 is 0 Å². The topological polar surface area (TPSA) is 0 Å². The molecule has 0 heterocycles. The predicted molar refractivity (Wildman–Crippen MR) is 75.0 cm³/mol. The second kappa shape index (κ2) is 6.29. The van der Waals surface area contributed by atoms with Crippen LogP contribution in [0.25, 0.3) is 11.1 Å². The number of halogens is 4. The van der Waals surface area contributed by atoms with Gasteiger partial charge >= 0.3 is 0 Å². The van der Waals surface area contributed by atoms with Gasteiger partial charge in [-0.15, -0.1) is 0 Å². The fraction of sp³-hybridized carbons (Fsp3) is 0.294. The van der Waals surface area contributed by atoms with Crippen LogP contribution in [0, 0.1) is 23.3 Å². The Bertz CT molecular complexity index is 622. The van der Waals surface area contributed by atoms with Gasteiger partial charge in [0.25, 0.3) is 0 Å². The van der Waals surface area contributed by atoms with E-state index in [1.807, 2.05) is 13.8 Å². The average molecular weight is 296 g/mol. The molecule has 4 heteroatoms. The van der Waals surface area contributed by atoms with Crippen molar-refractivity contribution in [3.05, 3.63) is 59.2 Å². The van der Waals surface area contributed by atoms with Crippen molar-refractivity contribution in [2.24, 2.45) is 0 Å². The van der Waals surface area contributed by atoms with Gasteiger partial charge in [0.1, 0.15) is 5.82 Å². The molecule has 0 fully saturated rings. The molecule has 0 unspecified atom stereocenters. The molecule has 21 heavy (non-hydrogen) atoms. The molecule has 0 atom stereocenters. The Hall–Kier alpha value is -1.84. The number of hydrogen-bond donors (Lipinski definition) is 0. The van der Waals surface area contributed by atoms with Crippen LogP contribution in [-0.4, -0.2) is 0 Å². The molecule has 2 rings (SSSR count). The van der Waals surface area contributed by atoms with E-state index in [9.17, 15) is 17.6 Å². The third kappa shape index (κ3) is 3.09. The lowest BCUT2D eigenvalue weighted by atomic mass is 9.92. The molecule has 2 aromatic rings. The monoisotopic (exact) mass is 296 g/mol. The maximum absolute atomic E-state index is 14.2. The van der Waals surface area contributed by atoms with E-state index in [1.54, 1.807) is 6.07 Å². The Balaban J connectivity index is 2.46. The lowest BCUT2D eigenvalue weighted by molar-refractivity contribution is 0.447. The summed E-state index contributed by atoms with van der Waals surface area (Å²) in [5, 5.41) is 0. The van der Waals surface area contributed by atoms with Crippen molar-refractivity contribution in [3.8, 4) is 11.1 Å². The smallest absolute Gasteiger partial charge is 0.194 e. The molecule has 0 spiro atoms. The molecule has 0 aliphatic rings. The third-order valence-corrected chi connectivity index (χ3v) is 3.74. The van der Waals surface area contributed by atoms with Crippen LogP contribution in [0.5, 0.6) is 0 Å². The van der Waals surface area contributed by atoms with Gasteiger partial charge in [-0.3, -0.25) is 0 Å². The highest BCUT2D eigenvalue weighted by atomic mass is 19.2. The lowest BCUT2D eigenvalue weighted by Crippen LogP contribution is -1.98. The summed E-state index contributed by atoms with van der Waals surface area (Å²) in [6, 6.07) is 6.21. The highest BCUT2D eigenvalue weighted by molar-refractivity contribution is 5.64. The van der Waals surface area contributed by atoms with E-state index in [4.69, 9.17) is 0 Å². The van der Waals surface area contributed by atoms with Gasteiger partial charge in [-0.1, -0.05) is 26.0 Å². The second-order valence-corrected chi connectivity index (χ2v) is 5.01. The van der Waals surface area contributed by atoms with E-state index in [0.717, 1.165) is 30.5 Å². The SMILES string of the molecule is CCC(CC)c1ccc(-c2cc(F)c(F)c(F)c2)c(F)c1. The van der Waals surface area contributed by atoms with Gasteiger partial charge in [0.05, 0.1) is 0 Å². The summed E-state index contributed by atoms with van der Waals surface area (Å²) < 4.78 is 53.6. The van der Waals surface area contributed by atoms with E-state index in [-0.39, 0.29) is 17.0 Å². The summed E-state index contributed by atoms with van der Waals surface area (Å²) in [5.41, 5.74) is 0.895. The molecule has 0 aliphatic heterocycles. The molecule has 0 nitrogen and oxygen atoms in total. The van der Waals surface area contributed by atoms with Crippen molar-refractivity contribution in [3.63, 3.8) is 0 Å². The predicted octanol–water partition coefficient (Wildman–Crippen LogP) is 5.81. The molecular weight excluding hydrogens is 280 g/mol. The summed E-state index contributed by atoms with van der Waals surface area (Å²) in [6.45, 7) is 4.04. The quantitative estimate of drug-likeness (QED) is 0.493. The Labute approximate surface area is 121 Å². The van der Waals surface area contributed by atoms with Crippen LogP contribution in [0.2, 0.25) is 0 Å². The molecule has 0 N–H and O–H groups in total. The summed E-state index contributed by atoms with van der Waals surface area (Å²) in [7, 11) is 0.